The quantitative estimate of drug-likeness (QED) is 0.648. The van der Waals surface area contributed by atoms with Crippen LogP contribution >= 0.6 is 0 Å². The Labute approximate surface area is 103 Å². The van der Waals surface area contributed by atoms with Crippen molar-refractivity contribution in [3.63, 3.8) is 0 Å². The summed E-state index contributed by atoms with van der Waals surface area (Å²) in [5.41, 5.74) is 6.72. The SMILES string of the molecule is COC(=O)c1ccc(N)cc1N1CCC(F)(F)C1. The highest BCUT2D eigenvalue weighted by Crippen LogP contribution is 2.33. The van der Waals surface area contributed by atoms with Gasteiger partial charge in [-0.05, 0) is 18.2 Å². The van der Waals surface area contributed by atoms with Gasteiger partial charge in [-0.3, -0.25) is 0 Å². The van der Waals surface area contributed by atoms with E-state index in [9.17, 15) is 13.6 Å². The summed E-state index contributed by atoms with van der Waals surface area (Å²) in [6, 6.07) is 4.56. The first-order chi connectivity index (χ1) is 8.43. The number of rotatable bonds is 2. The zero-order chi connectivity index (χ0) is 13.3. The molecule has 1 heterocycles. The fourth-order valence-corrected chi connectivity index (χ4v) is 2.03. The molecule has 0 bridgehead atoms. The van der Waals surface area contributed by atoms with Gasteiger partial charge in [-0.15, -0.1) is 0 Å². The molecule has 1 saturated heterocycles. The maximum atomic E-state index is 13.2. The number of methoxy groups -OCH3 is 1. The molecule has 0 saturated carbocycles. The lowest BCUT2D eigenvalue weighted by Gasteiger charge is -2.21. The van der Waals surface area contributed by atoms with E-state index in [0.29, 0.717) is 11.4 Å². The molecule has 0 spiro atoms. The van der Waals surface area contributed by atoms with Gasteiger partial charge in [0, 0.05) is 18.7 Å². The second-order valence-electron chi connectivity index (χ2n) is 4.30. The highest BCUT2D eigenvalue weighted by molar-refractivity contribution is 5.96. The fraction of sp³-hybridized carbons (Fsp3) is 0.417. The third-order valence-electron chi connectivity index (χ3n) is 2.94. The van der Waals surface area contributed by atoms with Crippen LogP contribution in [0.25, 0.3) is 0 Å². The van der Waals surface area contributed by atoms with Crippen LogP contribution in [0.2, 0.25) is 0 Å². The predicted octanol–water partition coefficient (Wildman–Crippen LogP) is 1.90. The topological polar surface area (TPSA) is 55.6 Å². The van der Waals surface area contributed by atoms with E-state index in [2.05, 4.69) is 4.74 Å². The summed E-state index contributed by atoms with van der Waals surface area (Å²) in [4.78, 5) is 13.0. The molecule has 1 aliphatic heterocycles. The molecule has 0 unspecified atom stereocenters. The molecule has 1 aromatic carbocycles. The van der Waals surface area contributed by atoms with E-state index in [-0.39, 0.29) is 18.5 Å². The molecule has 0 radical (unpaired) electrons. The summed E-state index contributed by atoms with van der Waals surface area (Å²) < 4.78 is 31.0. The van der Waals surface area contributed by atoms with E-state index >= 15 is 0 Å². The Bertz CT molecular complexity index is 477. The molecule has 0 aromatic heterocycles. The summed E-state index contributed by atoms with van der Waals surface area (Å²) in [5, 5.41) is 0. The highest BCUT2D eigenvalue weighted by Gasteiger charge is 2.39. The molecule has 0 aliphatic carbocycles. The van der Waals surface area contributed by atoms with Crippen LogP contribution in [0.1, 0.15) is 16.8 Å². The minimum Gasteiger partial charge on any atom is -0.465 e. The summed E-state index contributed by atoms with van der Waals surface area (Å²) >= 11 is 0. The van der Waals surface area contributed by atoms with Crippen molar-refractivity contribution in [3.05, 3.63) is 23.8 Å². The van der Waals surface area contributed by atoms with Gasteiger partial charge in [0.1, 0.15) is 0 Å². The van der Waals surface area contributed by atoms with Gasteiger partial charge in [0.15, 0.2) is 0 Å². The molecule has 1 aromatic rings. The number of ether oxygens (including phenoxy) is 1. The number of carbonyl (C=O) groups excluding carboxylic acids is 1. The molecule has 4 nitrogen and oxygen atoms in total. The fourth-order valence-electron chi connectivity index (χ4n) is 2.03. The van der Waals surface area contributed by atoms with Crippen LogP contribution in [-0.2, 0) is 4.74 Å². The number of hydrogen-bond donors (Lipinski definition) is 1. The van der Waals surface area contributed by atoms with Crippen LogP contribution in [-0.4, -0.2) is 32.1 Å². The standard InChI is InChI=1S/C12H14F2N2O2/c1-18-11(17)9-3-2-8(15)6-10(9)16-5-4-12(13,14)7-16/h2-3,6H,4-5,7,15H2,1H3. The first-order valence-corrected chi connectivity index (χ1v) is 5.53. The van der Waals surface area contributed by atoms with Crippen LogP contribution < -0.4 is 10.6 Å². The highest BCUT2D eigenvalue weighted by atomic mass is 19.3. The molecule has 0 amide bonds. The van der Waals surface area contributed by atoms with Crippen molar-refractivity contribution >= 4 is 17.3 Å². The summed E-state index contributed by atoms with van der Waals surface area (Å²) in [6.07, 6.45) is -0.220. The van der Waals surface area contributed by atoms with Crippen LogP contribution in [0.3, 0.4) is 0 Å². The minimum absolute atomic E-state index is 0.195. The predicted molar refractivity (Wildman–Crippen MR) is 64.0 cm³/mol. The second kappa shape index (κ2) is 4.44. The Hall–Kier alpha value is -1.85. The first kappa shape index (κ1) is 12.6. The Kier molecular flexibility index (Phi) is 3.11. The average molecular weight is 256 g/mol. The van der Waals surface area contributed by atoms with Crippen LogP contribution in [0.5, 0.6) is 0 Å². The van der Waals surface area contributed by atoms with Crippen molar-refractivity contribution in [2.45, 2.75) is 12.3 Å². The van der Waals surface area contributed by atoms with Gasteiger partial charge in [-0.25, -0.2) is 13.6 Å². The molecule has 6 heteroatoms. The second-order valence-corrected chi connectivity index (χ2v) is 4.30. The molecular weight excluding hydrogens is 242 g/mol. The molecular formula is C12H14F2N2O2. The van der Waals surface area contributed by atoms with Gasteiger partial charge < -0.3 is 15.4 Å². The Morgan fingerprint density at radius 1 is 1.50 bits per heavy atom. The van der Waals surface area contributed by atoms with E-state index < -0.39 is 18.4 Å². The molecule has 0 atom stereocenters. The van der Waals surface area contributed by atoms with Gasteiger partial charge in [0.2, 0.25) is 0 Å². The van der Waals surface area contributed by atoms with E-state index in [0.717, 1.165) is 0 Å². The minimum atomic E-state index is -2.72. The van der Waals surface area contributed by atoms with Crippen molar-refractivity contribution < 1.29 is 18.3 Å². The number of carbonyl (C=O) groups is 1. The number of nitrogens with zero attached hydrogens (tertiary/aromatic N) is 1. The summed E-state index contributed by atoms with van der Waals surface area (Å²) in [5.74, 6) is -3.28. The van der Waals surface area contributed by atoms with E-state index in [1.807, 2.05) is 0 Å². The smallest absolute Gasteiger partial charge is 0.339 e. The van der Waals surface area contributed by atoms with Crippen molar-refractivity contribution in [2.75, 3.05) is 30.8 Å². The van der Waals surface area contributed by atoms with Crippen LogP contribution in [0.15, 0.2) is 18.2 Å². The lowest BCUT2D eigenvalue weighted by molar-refractivity contribution is 0.0256. The Morgan fingerprint density at radius 3 is 2.78 bits per heavy atom. The molecule has 2 N–H and O–H groups in total. The summed E-state index contributed by atoms with van der Waals surface area (Å²) in [6.45, 7) is -0.207. The van der Waals surface area contributed by atoms with Crippen LogP contribution in [0.4, 0.5) is 20.2 Å². The number of hydrogen-bond acceptors (Lipinski definition) is 4. The number of benzene rings is 1. The average Bonchev–Trinajstić information content (AvgIpc) is 2.68. The molecule has 18 heavy (non-hydrogen) atoms. The molecule has 98 valence electrons. The van der Waals surface area contributed by atoms with Crippen molar-refractivity contribution in [3.8, 4) is 0 Å². The number of nitrogens with two attached hydrogens (primary N) is 1. The van der Waals surface area contributed by atoms with Gasteiger partial charge in [-0.2, -0.15) is 0 Å². The number of anilines is 2. The number of esters is 1. The van der Waals surface area contributed by atoms with Gasteiger partial charge in [0.05, 0.1) is 24.9 Å². The number of halogens is 2. The lowest BCUT2D eigenvalue weighted by atomic mass is 10.1. The molecule has 1 fully saturated rings. The normalized spacial score (nSPS) is 17.8. The number of alkyl halides is 2. The van der Waals surface area contributed by atoms with Crippen molar-refractivity contribution in [1.29, 1.82) is 0 Å². The van der Waals surface area contributed by atoms with Crippen LogP contribution in [0, 0.1) is 0 Å². The van der Waals surface area contributed by atoms with E-state index in [1.165, 1.54) is 24.1 Å². The van der Waals surface area contributed by atoms with Gasteiger partial charge in [-0.1, -0.05) is 0 Å². The van der Waals surface area contributed by atoms with Crippen molar-refractivity contribution in [2.24, 2.45) is 0 Å². The molecule has 2 rings (SSSR count). The largest absolute Gasteiger partial charge is 0.465 e. The Balaban J connectivity index is 2.37. The zero-order valence-corrected chi connectivity index (χ0v) is 9.95. The maximum Gasteiger partial charge on any atom is 0.339 e. The summed E-state index contributed by atoms with van der Waals surface area (Å²) in [7, 11) is 1.25. The van der Waals surface area contributed by atoms with E-state index in [1.54, 1.807) is 6.07 Å². The van der Waals surface area contributed by atoms with E-state index in [4.69, 9.17) is 5.73 Å². The van der Waals surface area contributed by atoms with Gasteiger partial charge >= 0.3 is 5.97 Å². The van der Waals surface area contributed by atoms with Crippen molar-refractivity contribution in [1.82, 2.24) is 0 Å². The molecule has 1 aliphatic rings. The Morgan fingerprint density at radius 2 is 2.22 bits per heavy atom. The zero-order valence-electron chi connectivity index (χ0n) is 9.95. The third-order valence-corrected chi connectivity index (χ3v) is 2.94. The third kappa shape index (κ3) is 2.37. The maximum absolute atomic E-state index is 13.2. The monoisotopic (exact) mass is 256 g/mol. The number of nitrogen functional groups attached to an aromatic ring is 1. The van der Waals surface area contributed by atoms with Gasteiger partial charge in [0.25, 0.3) is 5.92 Å². The first-order valence-electron chi connectivity index (χ1n) is 5.53. The lowest BCUT2D eigenvalue weighted by Crippen LogP contribution is -2.26.